The maximum Gasteiger partial charge on any atom is 0.122 e. The zero-order valence-corrected chi connectivity index (χ0v) is 13.8. The molecule has 0 aliphatic carbocycles. The minimum Gasteiger partial charge on any atom is -0.493 e. The fraction of sp³-hybridized carbons (Fsp3) is 0.667. The van der Waals surface area contributed by atoms with Gasteiger partial charge in [0, 0.05) is 0 Å². The van der Waals surface area contributed by atoms with E-state index in [1.165, 1.54) is 56.4 Å². The van der Waals surface area contributed by atoms with Crippen LogP contribution in [0.25, 0.3) is 0 Å². The maximum atomic E-state index is 5.88. The van der Waals surface area contributed by atoms with Gasteiger partial charge in [0.1, 0.15) is 5.75 Å². The number of benzene rings is 1. The van der Waals surface area contributed by atoms with Crippen LogP contribution >= 0.6 is 0 Å². The predicted molar refractivity (Wildman–Crippen MR) is 86.8 cm³/mol. The van der Waals surface area contributed by atoms with Gasteiger partial charge in [-0.25, -0.2) is 0 Å². The third-order valence-corrected chi connectivity index (χ3v) is 4.03. The lowest BCUT2D eigenvalue weighted by Crippen LogP contribution is -3.11. The zero-order valence-electron chi connectivity index (χ0n) is 13.8. The van der Waals surface area contributed by atoms with E-state index in [1.54, 1.807) is 4.90 Å². The second-order valence-corrected chi connectivity index (χ2v) is 5.74. The highest BCUT2D eigenvalue weighted by atomic mass is 16.5. The van der Waals surface area contributed by atoms with Crippen molar-refractivity contribution in [2.75, 3.05) is 26.2 Å². The Hall–Kier alpha value is -1.02. The standard InChI is InChI=1S/C18H31NO/c1-5-19(6-2)13-9-7-8-10-14-20-18-15-16(3)11-12-17(18)4/h11-12,15H,5-10,13-14H2,1-4H3/p+1. The molecule has 0 bridgehead atoms. The first-order chi connectivity index (χ1) is 9.67. The van der Waals surface area contributed by atoms with Gasteiger partial charge in [-0.15, -0.1) is 0 Å². The SMILES string of the molecule is CC[NH+](CC)CCCCCCOc1cc(C)ccc1C. The van der Waals surface area contributed by atoms with E-state index in [2.05, 4.69) is 45.9 Å². The molecule has 20 heavy (non-hydrogen) atoms. The Kier molecular flexibility index (Phi) is 8.36. The van der Waals surface area contributed by atoms with Crippen LogP contribution in [-0.4, -0.2) is 26.2 Å². The van der Waals surface area contributed by atoms with Gasteiger partial charge in [0.05, 0.1) is 26.2 Å². The molecule has 114 valence electrons. The van der Waals surface area contributed by atoms with Crippen LogP contribution in [0.3, 0.4) is 0 Å². The molecule has 0 atom stereocenters. The molecule has 2 heteroatoms. The second-order valence-electron chi connectivity index (χ2n) is 5.74. The molecule has 1 rings (SSSR count). The Bertz CT molecular complexity index is 372. The normalized spacial score (nSPS) is 11.1. The van der Waals surface area contributed by atoms with Crippen LogP contribution in [0.15, 0.2) is 18.2 Å². The molecule has 0 saturated carbocycles. The van der Waals surface area contributed by atoms with Crippen LogP contribution in [0.5, 0.6) is 5.75 Å². The van der Waals surface area contributed by atoms with Gasteiger partial charge < -0.3 is 9.64 Å². The van der Waals surface area contributed by atoms with E-state index in [1.807, 2.05) is 0 Å². The van der Waals surface area contributed by atoms with Crippen molar-refractivity contribution in [3.05, 3.63) is 29.3 Å². The lowest BCUT2D eigenvalue weighted by Gasteiger charge is -2.15. The zero-order chi connectivity index (χ0) is 14.8. The lowest BCUT2D eigenvalue weighted by molar-refractivity contribution is -0.896. The van der Waals surface area contributed by atoms with Crippen molar-refractivity contribution >= 4 is 0 Å². The topological polar surface area (TPSA) is 13.7 Å². The first-order valence-electron chi connectivity index (χ1n) is 8.21. The second kappa shape index (κ2) is 9.82. The van der Waals surface area contributed by atoms with Gasteiger partial charge in [0.15, 0.2) is 0 Å². The third-order valence-electron chi connectivity index (χ3n) is 4.03. The number of nitrogens with one attached hydrogen (secondary N) is 1. The molecule has 0 unspecified atom stereocenters. The Balaban J connectivity index is 2.09. The van der Waals surface area contributed by atoms with E-state index in [9.17, 15) is 0 Å². The minimum atomic E-state index is 0.850. The molecule has 0 fully saturated rings. The van der Waals surface area contributed by atoms with Crippen molar-refractivity contribution in [2.45, 2.75) is 53.4 Å². The van der Waals surface area contributed by atoms with Gasteiger partial charge >= 0.3 is 0 Å². The van der Waals surface area contributed by atoms with Crippen molar-refractivity contribution in [1.29, 1.82) is 0 Å². The first kappa shape index (κ1) is 17.0. The largest absolute Gasteiger partial charge is 0.493 e. The van der Waals surface area contributed by atoms with E-state index in [0.29, 0.717) is 0 Å². The maximum absolute atomic E-state index is 5.88. The van der Waals surface area contributed by atoms with E-state index in [-0.39, 0.29) is 0 Å². The average Bonchev–Trinajstić information content (AvgIpc) is 2.45. The molecule has 0 aliphatic heterocycles. The molecule has 2 nitrogen and oxygen atoms in total. The fourth-order valence-electron chi connectivity index (χ4n) is 2.48. The fourth-order valence-corrected chi connectivity index (χ4v) is 2.48. The Labute approximate surface area is 125 Å². The molecule has 0 aromatic heterocycles. The molecule has 1 aromatic rings. The summed E-state index contributed by atoms with van der Waals surface area (Å²) in [6.45, 7) is 13.5. The van der Waals surface area contributed by atoms with Gasteiger partial charge in [-0.3, -0.25) is 0 Å². The molecule has 0 saturated heterocycles. The van der Waals surface area contributed by atoms with Crippen LogP contribution in [-0.2, 0) is 0 Å². The summed E-state index contributed by atoms with van der Waals surface area (Å²) in [5, 5.41) is 0. The summed E-state index contributed by atoms with van der Waals surface area (Å²) in [6.07, 6.45) is 5.13. The Morgan fingerprint density at radius 2 is 1.65 bits per heavy atom. The predicted octanol–water partition coefficient (Wildman–Crippen LogP) is 3.17. The number of ether oxygens (including phenoxy) is 1. The average molecular weight is 278 g/mol. The van der Waals surface area contributed by atoms with Crippen LogP contribution in [0, 0.1) is 13.8 Å². The lowest BCUT2D eigenvalue weighted by atomic mass is 10.1. The van der Waals surface area contributed by atoms with Crippen molar-refractivity contribution in [1.82, 2.24) is 0 Å². The molecule has 0 amide bonds. The first-order valence-corrected chi connectivity index (χ1v) is 8.21. The summed E-state index contributed by atoms with van der Waals surface area (Å²) < 4.78 is 5.88. The van der Waals surface area contributed by atoms with Gasteiger partial charge in [0.25, 0.3) is 0 Å². The van der Waals surface area contributed by atoms with E-state index < -0.39 is 0 Å². The van der Waals surface area contributed by atoms with E-state index in [0.717, 1.165) is 12.4 Å². The smallest absolute Gasteiger partial charge is 0.122 e. The van der Waals surface area contributed by atoms with Gasteiger partial charge in [-0.1, -0.05) is 12.1 Å². The molecular formula is C18H32NO+. The van der Waals surface area contributed by atoms with E-state index in [4.69, 9.17) is 4.74 Å². The Morgan fingerprint density at radius 1 is 0.950 bits per heavy atom. The summed E-state index contributed by atoms with van der Waals surface area (Å²) in [6, 6.07) is 6.41. The Morgan fingerprint density at radius 3 is 2.35 bits per heavy atom. The quantitative estimate of drug-likeness (QED) is 0.649. The number of unbranched alkanes of at least 4 members (excludes halogenated alkanes) is 3. The summed E-state index contributed by atoms with van der Waals surface area (Å²) in [5.74, 6) is 1.05. The summed E-state index contributed by atoms with van der Waals surface area (Å²) in [7, 11) is 0. The highest BCUT2D eigenvalue weighted by Gasteiger charge is 2.02. The molecule has 0 radical (unpaired) electrons. The number of rotatable bonds is 10. The highest BCUT2D eigenvalue weighted by Crippen LogP contribution is 2.19. The number of hydrogen-bond donors (Lipinski definition) is 1. The van der Waals surface area contributed by atoms with Gasteiger partial charge in [-0.05, 0) is 70.6 Å². The molecule has 0 spiro atoms. The third kappa shape index (κ3) is 6.42. The van der Waals surface area contributed by atoms with Gasteiger partial charge in [0.2, 0.25) is 0 Å². The monoisotopic (exact) mass is 278 g/mol. The molecule has 0 aliphatic rings. The molecular weight excluding hydrogens is 246 g/mol. The summed E-state index contributed by atoms with van der Waals surface area (Å²) >= 11 is 0. The number of quaternary nitrogens is 1. The summed E-state index contributed by atoms with van der Waals surface area (Å²) in [5.41, 5.74) is 2.51. The van der Waals surface area contributed by atoms with E-state index >= 15 is 0 Å². The van der Waals surface area contributed by atoms with Crippen LogP contribution in [0.1, 0.15) is 50.7 Å². The molecule has 1 N–H and O–H groups in total. The number of aryl methyl sites for hydroxylation is 2. The summed E-state index contributed by atoms with van der Waals surface area (Å²) in [4.78, 5) is 1.72. The van der Waals surface area contributed by atoms with Crippen molar-refractivity contribution in [3.63, 3.8) is 0 Å². The number of hydrogen-bond acceptors (Lipinski definition) is 1. The van der Waals surface area contributed by atoms with Crippen molar-refractivity contribution in [2.24, 2.45) is 0 Å². The van der Waals surface area contributed by atoms with Crippen molar-refractivity contribution in [3.8, 4) is 5.75 Å². The van der Waals surface area contributed by atoms with Gasteiger partial charge in [-0.2, -0.15) is 0 Å². The highest BCUT2D eigenvalue weighted by molar-refractivity contribution is 5.35. The molecule has 0 heterocycles. The van der Waals surface area contributed by atoms with Crippen molar-refractivity contribution < 1.29 is 9.64 Å². The van der Waals surface area contributed by atoms with Crippen LogP contribution < -0.4 is 9.64 Å². The van der Waals surface area contributed by atoms with Crippen LogP contribution in [0.2, 0.25) is 0 Å². The minimum absolute atomic E-state index is 0.850. The molecule has 1 aromatic carbocycles. The van der Waals surface area contributed by atoms with Crippen LogP contribution in [0.4, 0.5) is 0 Å².